The molecule has 174 valence electrons. The molecule has 2 heterocycles. The van der Waals surface area contributed by atoms with Crippen molar-refractivity contribution in [2.75, 3.05) is 13.1 Å². The molecule has 0 bridgehead atoms. The first-order valence-electron chi connectivity index (χ1n) is 10.8. The van der Waals surface area contributed by atoms with Crippen LogP contribution in [0, 0.1) is 5.92 Å². The molecule has 0 unspecified atom stereocenters. The molecule has 0 saturated carbocycles. The van der Waals surface area contributed by atoms with Crippen LogP contribution < -0.4 is 5.32 Å². The Morgan fingerprint density at radius 2 is 1.91 bits per heavy atom. The Morgan fingerprint density at radius 1 is 1.18 bits per heavy atom. The van der Waals surface area contributed by atoms with E-state index in [1.54, 1.807) is 36.4 Å². The summed E-state index contributed by atoms with van der Waals surface area (Å²) in [6.07, 6.45) is 1.54. The fourth-order valence-electron chi connectivity index (χ4n) is 3.75. The minimum atomic E-state index is -3.70. The monoisotopic (exact) mass is 488 g/mol. The first-order valence-corrected chi connectivity index (χ1v) is 12.6. The van der Waals surface area contributed by atoms with Gasteiger partial charge >= 0.3 is 0 Å². The molecule has 0 atom stereocenters. The van der Waals surface area contributed by atoms with E-state index >= 15 is 0 Å². The molecule has 1 aliphatic heterocycles. The van der Waals surface area contributed by atoms with Gasteiger partial charge in [0, 0.05) is 42.6 Å². The fourth-order valence-corrected chi connectivity index (χ4v) is 5.40. The van der Waals surface area contributed by atoms with Gasteiger partial charge in [-0.05, 0) is 42.7 Å². The van der Waals surface area contributed by atoms with Crippen molar-refractivity contribution in [3.63, 3.8) is 0 Å². The van der Waals surface area contributed by atoms with Crippen LogP contribution in [0.25, 0.3) is 11.4 Å². The van der Waals surface area contributed by atoms with Gasteiger partial charge in [-0.15, -0.1) is 0 Å². The lowest BCUT2D eigenvalue weighted by Gasteiger charge is -2.30. The summed E-state index contributed by atoms with van der Waals surface area (Å²) in [5.74, 6) is 0.573. The molecule has 10 heteroatoms. The molecular formula is C23H25ClN4O4S. The van der Waals surface area contributed by atoms with E-state index in [0.717, 1.165) is 5.56 Å². The number of benzene rings is 2. The number of carbonyl (C=O) groups is 1. The van der Waals surface area contributed by atoms with Crippen molar-refractivity contribution in [1.82, 2.24) is 19.8 Å². The van der Waals surface area contributed by atoms with E-state index in [9.17, 15) is 13.2 Å². The van der Waals surface area contributed by atoms with Crippen LogP contribution in [0.2, 0.25) is 5.02 Å². The van der Waals surface area contributed by atoms with E-state index < -0.39 is 10.0 Å². The van der Waals surface area contributed by atoms with E-state index in [1.165, 1.54) is 4.31 Å². The maximum absolute atomic E-state index is 13.2. The van der Waals surface area contributed by atoms with Crippen LogP contribution in [0.4, 0.5) is 0 Å². The van der Waals surface area contributed by atoms with E-state index in [0.29, 0.717) is 48.1 Å². The molecule has 0 radical (unpaired) electrons. The molecule has 0 aliphatic carbocycles. The zero-order chi connectivity index (χ0) is 23.4. The highest BCUT2D eigenvalue weighted by Gasteiger charge is 2.32. The van der Waals surface area contributed by atoms with Gasteiger partial charge in [-0.1, -0.05) is 47.9 Å². The van der Waals surface area contributed by atoms with Gasteiger partial charge in [-0.2, -0.15) is 9.29 Å². The van der Waals surface area contributed by atoms with Crippen molar-refractivity contribution in [3.05, 3.63) is 65.0 Å². The number of halogens is 1. The predicted octanol–water partition coefficient (Wildman–Crippen LogP) is 3.67. The molecular weight excluding hydrogens is 464 g/mol. The summed E-state index contributed by atoms with van der Waals surface area (Å²) < 4.78 is 33.0. The second-order valence-corrected chi connectivity index (χ2v) is 10.3. The third kappa shape index (κ3) is 5.43. The first kappa shape index (κ1) is 23.4. The molecule has 1 amide bonds. The maximum Gasteiger partial charge on any atom is 0.243 e. The van der Waals surface area contributed by atoms with Crippen LogP contribution >= 0.6 is 11.6 Å². The Morgan fingerprint density at radius 3 is 2.58 bits per heavy atom. The molecule has 1 N–H and O–H groups in total. The lowest BCUT2D eigenvalue weighted by molar-refractivity contribution is -0.126. The largest absolute Gasteiger partial charge is 0.352 e. The maximum atomic E-state index is 13.2. The molecule has 3 aromatic rings. The van der Waals surface area contributed by atoms with Crippen molar-refractivity contribution >= 4 is 27.5 Å². The number of aryl methyl sites for hydroxylation is 1. The number of piperidine rings is 1. The number of amides is 1. The highest BCUT2D eigenvalue weighted by atomic mass is 35.5. The quantitative estimate of drug-likeness (QED) is 0.544. The number of carbonyl (C=O) groups excluding carboxylic acids is 1. The van der Waals surface area contributed by atoms with Gasteiger partial charge in [0.2, 0.25) is 27.6 Å². The standard InChI is InChI=1S/C23H25ClN4O4S/c1-2-21-26-22(27-32-21)18-4-3-5-20(14-18)33(30,31)28-12-10-17(11-13-28)23(29)25-15-16-6-8-19(24)9-7-16/h3-9,14,17H,2,10-13,15H2,1H3,(H,25,29). The van der Waals surface area contributed by atoms with Crippen LogP contribution in [-0.4, -0.2) is 41.9 Å². The van der Waals surface area contributed by atoms with Crippen LogP contribution in [-0.2, 0) is 27.8 Å². The average molecular weight is 489 g/mol. The summed E-state index contributed by atoms with van der Waals surface area (Å²) in [6, 6.07) is 13.8. The second-order valence-electron chi connectivity index (χ2n) is 7.92. The number of aromatic nitrogens is 2. The van der Waals surface area contributed by atoms with Crippen molar-refractivity contribution < 1.29 is 17.7 Å². The van der Waals surface area contributed by atoms with E-state index in [4.69, 9.17) is 16.1 Å². The van der Waals surface area contributed by atoms with Crippen LogP contribution in [0.3, 0.4) is 0 Å². The number of nitrogens with zero attached hydrogens (tertiary/aromatic N) is 3. The Kier molecular flexibility index (Phi) is 7.11. The van der Waals surface area contributed by atoms with Crippen LogP contribution in [0.1, 0.15) is 31.2 Å². The Balaban J connectivity index is 1.37. The lowest BCUT2D eigenvalue weighted by atomic mass is 9.97. The smallest absolute Gasteiger partial charge is 0.243 e. The van der Waals surface area contributed by atoms with Gasteiger partial charge in [0.25, 0.3) is 0 Å². The zero-order valence-electron chi connectivity index (χ0n) is 18.2. The van der Waals surface area contributed by atoms with E-state index in [1.807, 2.05) is 19.1 Å². The van der Waals surface area contributed by atoms with Gasteiger partial charge in [-0.25, -0.2) is 8.42 Å². The van der Waals surface area contributed by atoms with Gasteiger partial charge < -0.3 is 9.84 Å². The highest BCUT2D eigenvalue weighted by Crippen LogP contribution is 2.26. The Hall–Kier alpha value is -2.75. The molecule has 2 aromatic carbocycles. The second kappa shape index (κ2) is 10.0. The summed E-state index contributed by atoms with van der Waals surface area (Å²) in [7, 11) is -3.70. The van der Waals surface area contributed by atoms with Gasteiger partial charge in [-0.3, -0.25) is 4.79 Å². The van der Waals surface area contributed by atoms with Gasteiger partial charge in [0.15, 0.2) is 0 Å². The van der Waals surface area contributed by atoms with Crippen molar-refractivity contribution in [2.24, 2.45) is 5.92 Å². The normalized spacial score (nSPS) is 15.5. The number of rotatable bonds is 7. The number of hydrogen-bond donors (Lipinski definition) is 1. The number of nitrogens with one attached hydrogen (secondary N) is 1. The van der Waals surface area contributed by atoms with Crippen molar-refractivity contribution in [3.8, 4) is 11.4 Å². The summed E-state index contributed by atoms with van der Waals surface area (Å²) in [5.41, 5.74) is 1.54. The predicted molar refractivity (Wildman–Crippen MR) is 124 cm³/mol. The minimum absolute atomic E-state index is 0.0622. The van der Waals surface area contributed by atoms with Crippen LogP contribution in [0.5, 0.6) is 0 Å². The molecule has 4 rings (SSSR count). The molecule has 1 fully saturated rings. The third-order valence-electron chi connectivity index (χ3n) is 5.71. The molecule has 8 nitrogen and oxygen atoms in total. The SMILES string of the molecule is CCc1nc(-c2cccc(S(=O)(=O)N3CCC(C(=O)NCc4ccc(Cl)cc4)CC3)c2)no1. The third-order valence-corrected chi connectivity index (χ3v) is 7.85. The molecule has 0 spiro atoms. The molecule has 1 aliphatic rings. The summed E-state index contributed by atoms with van der Waals surface area (Å²) in [6.45, 7) is 2.89. The van der Waals surface area contributed by atoms with Crippen molar-refractivity contribution in [1.29, 1.82) is 0 Å². The zero-order valence-corrected chi connectivity index (χ0v) is 19.8. The molecule has 1 saturated heterocycles. The van der Waals surface area contributed by atoms with E-state index in [-0.39, 0.29) is 29.8 Å². The molecule has 1 aromatic heterocycles. The lowest BCUT2D eigenvalue weighted by Crippen LogP contribution is -2.42. The van der Waals surface area contributed by atoms with Gasteiger partial charge in [0.1, 0.15) is 0 Å². The topological polar surface area (TPSA) is 105 Å². The number of hydrogen-bond acceptors (Lipinski definition) is 6. The molecule has 33 heavy (non-hydrogen) atoms. The highest BCUT2D eigenvalue weighted by molar-refractivity contribution is 7.89. The summed E-state index contributed by atoms with van der Waals surface area (Å²) in [4.78, 5) is 17.0. The fraction of sp³-hybridized carbons (Fsp3) is 0.348. The van der Waals surface area contributed by atoms with E-state index in [2.05, 4.69) is 15.5 Å². The number of sulfonamides is 1. The van der Waals surface area contributed by atoms with Crippen molar-refractivity contribution in [2.45, 2.75) is 37.6 Å². The Bertz CT molecular complexity index is 1220. The average Bonchev–Trinajstić information content (AvgIpc) is 3.33. The summed E-state index contributed by atoms with van der Waals surface area (Å²) >= 11 is 5.89. The minimum Gasteiger partial charge on any atom is -0.352 e. The first-order chi connectivity index (χ1) is 15.9. The summed E-state index contributed by atoms with van der Waals surface area (Å²) in [5, 5.41) is 7.50. The van der Waals surface area contributed by atoms with Crippen LogP contribution in [0.15, 0.2) is 57.9 Å². The Labute approximate surface area is 198 Å². The van der Waals surface area contributed by atoms with Gasteiger partial charge in [0.05, 0.1) is 4.90 Å².